The molecule has 3 fully saturated rings. The van der Waals surface area contributed by atoms with E-state index in [1.54, 1.807) is 0 Å². The fraction of sp³-hybridized carbons (Fsp3) is 0.650. The quantitative estimate of drug-likeness (QED) is 0.854. The number of likely N-dealkylation sites (tertiary alicyclic amines) is 2. The molecule has 2 heterocycles. The standard InChI is InChI=1S/C20H28N2O/c23-20-17(16-8-2-1-3-9-16)12-15-22(20)19-11-5-4-10-18(19)21-13-6-7-14-21/h1-3,8-9,17-19H,4-7,10-15H2/t17-,18+,19+/m0/s1. The van der Waals surface area contributed by atoms with Gasteiger partial charge in [0.15, 0.2) is 0 Å². The SMILES string of the molecule is O=C1[C@H](c2ccccc2)CCN1[C@@H]1CCCC[C@H]1N1CCCC1. The van der Waals surface area contributed by atoms with E-state index in [0.717, 1.165) is 13.0 Å². The summed E-state index contributed by atoms with van der Waals surface area (Å²) in [4.78, 5) is 18.0. The first-order valence-electron chi connectivity index (χ1n) is 9.44. The van der Waals surface area contributed by atoms with Crippen LogP contribution < -0.4 is 0 Å². The van der Waals surface area contributed by atoms with E-state index < -0.39 is 0 Å². The van der Waals surface area contributed by atoms with Crippen molar-refractivity contribution in [2.45, 2.75) is 62.9 Å². The summed E-state index contributed by atoms with van der Waals surface area (Å²) in [6.07, 6.45) is 8.77. The molecular formula is C20H28N2O. The molecule has 0 N–H and O–H groups in total. The largest absolute Gasteiger partial charge is 0.338 e. The molecule has 23 heavy (non-hydrogen) atoms. The van der Waals surface area contributed by atoms with E-state index in [0.29, 0.717) is 18.0 Å². The lowest BCUT2D eigenvalue weighted by atomic mass is 9.88. The summed E-state index contributed by atoms with van der Waals surface area (Å²) < 4.78 is 0. The van der Waals surface area contributed by atoms with E-state index >= 15 is 0 Å². The topological polar surface area (TPSA) is 23.6 Å². The second-order valence-corrected chi connectivity index (χ2v) is 7.45. The molecule has 124 valence electrons. The minimum Gasteiger partial charge on any atom is -0.338 e. The maximum absolute atomic E-state index is 13.1. The van der Waals surface area contributed by atoms with E-state index in [1.165, 1.54) is 57.2 Å². The Morgan fingerprint density at radius 3 is 2.22 bits per heavy atom. The molecule has 0 spiro atoms. The van der Waals surface area contributed by atoms with Crippen LogP contribution in [-0.2, 0) is 4.79 Å². The van der Waals surface area contributed by atoms with Crippen LogP contribution in [0, 0.1) is 0 Å². The number of hydrogen-bond donors (Lipinski definition) is 0. The molecule has 4 rings (SSSR count). The van der Waals surface area contributed by atoms with Gasteiger partial charge >= 0.3 is 0 Å². The Morgan fingerprint density at radius 1 is 0.783 bits per heavy atom. The van der Waals surface area contributed by atoms with Gasteiger partial charge in [-0.15, -0.1) is 0 Å². The fourth-order valence-corrected chi connectivity index (χ4v) is 4.98. The average Bonchev–Trinajstić information content (AvgIpc) is 3.25. The van der Waals surface area contributed by atoms with Crippen molar-refractivity contribution in [3.05, 3.63) is 35.9 Å². The number of benzene rings is 1. The molecule has 1 aliphatic carbocycles. The molecule has 3 aliphatic rings. The van der Waals surface area contributed by atoms with E-state index in [9.17, 15) is 4.79 Å². The Hall–Kier alpha value is -1.35. The Balaban J connectivity index is 1.51. The summed E-state index contributed by atoms with van der Waals surface area (Å²) >= 11 is 0. The van der Waals surface area contributed by atoms with Gasteiger partial charge in [-0.3, -0.25) is 9.69 Å². The van der Waals surface area contributed by atoms with Crippen molar-refractivity contribution in [1.82, 2.24) is 9.80 Å². The van der Waals surface area contributed by atoms with Crippen LogP contribution in [0.1, 0.15) is 56.4 Å². The molecule has 3 nitrogen and oxygen atoms in total. The predicted octanol–water partition coefficient (Wildman–Crippen LogP) is 3.41. The lowest BCUT2D eigenvalue weighted by Gasteiger charge is -2.42. The summed E-state index contributed by atoms with van der Waals surface area (Å²) in [5.41, 5.74) is 1.20. The van der Waals surface area contributed by atoms with Crippen LogP contribution in [-0.4, -0.2) is 47.4 Å². The molecule has 0 radical (unpaired) electrons. The summed E-state index contributed by atoms with van der Waals surface area (Å²) in [5, 5.41) is 0. The predicted molar refractivity (Wildman–Crippen MR) is 92.4 cm³/mol. The van der Waals surface area contributed by atoms with Crippen LogP contribution in [0.2, 0.25) is 0 Å². The van der Waals surface area contributed by atoms with Gasteiger partial charge in [0.05, 0.1) is 5.92 Å². The Kier molecular flexibility index (Phi) is 4.39. The Bertz CT molecular complexity index is 538. The van der Waals surface area contributed by atoms with Crippen molar-refractivity contribution in [1.29, 1.82) is 0 Å². The van der Waals surface area contributed by atoms with Crippen LogP contribution in [0.5, 0.6) is 0 Å². The van der Waals surface area contributed by atoms with Crippen molar-refractivity contribution >= 4 is 5.91 Å². The lowest BCUT2D eigenvalue weighted by Crippen LogP contribution is -2.53. The smallest absolute Gasteiger partial charge is 0.230 e. The van der Waals surface area contributed by atoms with Crippen molar-refractivity contribution in [2.75, 3.05) is 19.6 Å². The molecule has 3 heteroatoms. The Labute approximate surface area is 139 Å². The average molecular weight is 312 g/mol. The number of nitrogens with zero attached hydrogens (tertiary/aromatic N) is 2. The summed E-state index contributed by atoms with van der Waals surface area (Å²) in [6, 6.07) is 11.5. The zero-order chi connectivity index (χ0) is 15.6. The van der Waals surface area contributed by atoms with E-state index in [4.69, 9.17) is 0 Å². The highest BCUT2D eigenvalue weighted by Gasteiger charge is 2.42. The lowest BCUT2D eigenvalue weighted by molar-refractivity contribution is -0.133. The number of amides is 1. The van der Waals surface area contributed by atoms with Gasteiger partial charge in [0.25, 0.3) is 0 Å². The third kappa shape index (κ3) is 2.91. The fourth-order valence-electron chi connectivity index (χ4n) is 4.98. The first-order chi connectivity index (χ1) is 11.3. The number of rotatable bonds is 3. The van der Waals surface area contributed by atoms with Gasteiger partial charge in [-0.2, -0.15) is 0 Å². The molecular weight excluding hydrogens is 284 g/mol. The molecule has 2 saturated heterocycles. The van der Waals surface area contributed by atoms with Gasteiger partial charge in [0.1, 0.15) is 0 Å². The normalized spacial score (nSPS) is 32.6. The summed E-state index contributed by atoms with van der Waals surface area (Å²) in [5.74, 6) is 0.477. The number of hydrogen-bond acceptors (Lipinski definition) is 2. The number of carbonyl (C=O) groups excluding carboxylic acids is 1. The summed E-state index contributed by atoms with van der Waals surface area (Å²) in [6.45, 7) is 3.43. The van der Waals surface area contributed by atoms with Crippen molar-refractivity contribution in [3.63, 3.8) is 0 Å². The third-order valence-electron chi connectivity index (χ3n) is 6.15. The van der Waals surface area contributed by atoms with Gasteiger partial charge in [-0.25, -0.2) is 0 Å². The zero-order valence-electron chi connectivity index (χ0n) is 14.0. The third-order valence-corrected chi connectivity index (χ3v) is 6.15. The van der Waals surface area contributed by atoms with E-state index in [-0.39, 0.29) is 5.92 Å². The molecule has 0 bridgehead atoms. The highest BCUT2D eigenvalue weighted by atomic mass is 16.2. The van der Waals surface area contributed by atoms with Crippen molar-refractivity contribution in [3.8, 4) is 0 Å². The van der Waals surface area contributed by atoms with Crippen LogP contribution in [0.3, 0.4) is 0 Å². The minimum absolute atomic E-state index is 0.0948. The molecule has 1 aromatic rings. The summed E-state index contributed by atoms with van der Waals surface area (Å²) in [7, 11) is 0. The second-order valence-electron chi connectivity index (χ2n) is 7.45. The van der Waals surface area contributed by atoms with Crippen molar-refractivity contribution in [2.24, 2.45) is 0 Å². The maximum Gasteiger partial charge on any atom is 0.230 e. The molecule has 3 atom stereocenters. The van der Waals surface area contributed by atoms with Gasteiger partial charge < -0.3 is 4.90 Å². The molecule has 1 amide bonds. The maximum atomic E-state index is 13.1. The van der Waals surface area contributed by atoms with Gasteiger partial charge in [-0.1, -0.05) is 43.2 Å². The highest BCUT2D eigenvalue weighted by molar-refractivity contribution is 5.86. The van der Waals surface area contributed by atoms with Gasteiger partial charge in [-0.05, 0) is 50.8 Å². The van der Waals surface area contributed by atoms with E-state index in [1.807, 2.05) is 6.07 Å². The van der Waals surface area contributed by atoms with Crippen LogP contribution >= 0.6 is 0 Å². The van der Waals surface area contributed by atoms with E-state index in [2.05, 4.69) is 34.1 Å². The molecule has 0 aromatic heterocycles. The monoisotopic (exact) mass is 312 g/mol. The van der Waals surface area contributed by atoms with Crippen molar-refractivity contribution < 1.29 is 4.79 Å². The zero-order valence-corrected chi connectivity index (χ0v) is 14.0. The van der Waals surface area contributed by atoms with Crippen LogP contribution in [0.25, 0.3) is 0 Å². The first-order valence-corrected chi connectivity index (χ1v) is 9.44. The van der Waals surface area contributed by atoms with Gasteiger partial charge in [0, 0.05) is 18.6 Å². The molecule has 1 aromatic carbocycles. The number of carbonyl (C=O) groups is 1. The second kappa shape index (κ2) is 6.64. The van der Waals surface area contributed by atoms with Crippen LogP contribution in [0.15, 0.2) is 30.3 Å². The van der Waals surface area contributed by atoms with Gasteiger partial charge in [0.2, 0.25) is 5.91 Å². The van der Waals surface area contributed by atoms with Crippen LogP contribution in [0.4, 0.5) is 0 Å². The molecule has 2 aliphatic heterocycles. The highest BCUT2D eigenvalue weighted by Crippen LogP contribution is 2.36. The first kappa shape index (κ1) is 15.2. The minimum atomic E-state index is 0.0948. The molecule has 0 unspecified atom stereocenters. The Morgan fingerprint density at radius 2 is 1.48 bits per heavy atom. The molecule has 1 saturated carbocycles.